The molecule has 1 amide bonds. The van der Waals surface area contributed by atoms with Crippen molar-refractivity contribution in [3.8, 4) is 5.69 Å². The van der Waals surface area contributed by atoms with Gasteiger partial charge >= 0.3 is 6.18 Å². The molecule has 5 nitrogen and oxygen atoms in total. The van der Waals surface area contributed by atoms with Crippen LogP contribution in [0.1, 0.15) is 45.2 Å². The second kappa shape index (κ2) is 9.00. The zero-order valence-electron chi connectivity index (χ0n) is 19.5. The molecule has 1 N–H and O–H groups in total. The number of hydrogen-bond donors (Lipinski definition) is 1. The summed E-state index contributed by atoms with van der Waals surface area (Å²) in [6, 6.07) is 12.3. The van der Waals surface area contributed by atoms with E-state index in [1.807, 2.05) is 63.2 Å². The second-order valence-corrected chi connectivity index (χ2v) is 8.79. The summed E-state index contributed by atoms with van der Waals surface area (Å²) in [5, 5.41) is 7.65. The van der Waals surface area contributed by atoms with Crippen LogP contribution in [0.2, 0.25) is 0 Å². The van der Waals surface area contributed by atoms with Crippen molar-refractivity contribution in [1.82, 2.24) is 15.1 Å². The van der Waals surface area contributed by atoms with Gasteiger partial charge in [-0.15, -0.1) is 0 Å². The molecule has 0 fully saturated rings. The number of alkyl halides is 3. The number of carbonyl (C=O) groups is 1. The van der Waals surface area contributed by atoms with Crippen LogP contribution >= 0.6 is 0 Å². The Labute approximate surface area is 196 Å². The highest BCUT2D eigenvalue weighted by atomic mass is 19.4. The quantitative estimate of drug-likeness (QED) is 0.509. The average molecular weight is 469 g/mol. The van der Waals surface area contributed by atoms with Crippen LogP contribution in [0.15, 0.2) is 60.7 Å². The van der Waals surface area contributed by atoms with Gasteiger partial charge < -0.3 is 10.2 Å². The first-order valence-electron chi connectivity index (χ1n) is 11.0. The van der Waals surface area contributed by atoms with E-state index in [1.54, 1.807) is 4.68 Å². The molecule has 1 aromatic heterocycles. The zero-order chi connectivity index (χ0) is 24.6. The minimum atomic E-state index is -4.37. The lowest BCUT2D eigenvalue weighted by Crippen LogP contribution is -2.32. The third-order valence-electron chi connectivity index (χ3n) is 6.20. The van der Waals surface area contributed by atoms with E-state index in [9.17, 15) is 18.0 Å². The van der Waals surface area contributed by atoms with Crippen LogP contribution in [0.5, 0.6) is 0 Å². The summed E-state index contributed by atoms with van der Waals surface area (Å²) in [6.07, 6.45) is 0.377. The summed E-state index contributed by atoms with van der Waals surface area (Å²) in [7, 11) is 3.89. The maximum absolute atomic E-state index is 12.9. The molecular formula is C26H27F3N4O. The summed E-state index contributed by atoms with van der Waals surface area (Å²) in [5.41, 5.74) is 4.23. The number of hydrogen-bond acceptors (Lipinski definition) is 3. The number of aromatic nitrogens is 2. The Bertz CT molecular complexity index is 1210. The van der Waals surface area contributed by atoms with Gasteiger partial charge in [0.25, 0.3) is 5.91 Å². The summed E-state index contributed by atoms with van der Waals surface area (Å²) in [5.74, 6) is -0.0703. The maximum atomic E-state index is 12.9. The standard InChI is InChI=1S/C26H27F3N4O/c1-16-24(17(2)33(31-16)23-13-8-20(9-14-23)26(27,28)29)19-5-10-21(15-19)30-25(34)18-6-11-22(12-7-18)32(3)4/h5-14,19,21H,15H2,1-4H3,(H,30,34)/t19-,21+/m0/s1. The molecule has 0 bridgehead atoms. The first-order valence-corrected chi connectivity index (χ1v) is 11.0. The van der Waals surface area contributed by atoms with Crippen molar-refractivity contribution in [3.63, 3.8) is 0 Å². The number of carbonyl (C=O) groups excluding carboxylic acids is 1. The lowest BCUT2D eigenvalue weighted by molar-refractivity contribution is -0.137. The highest BCUT2D eigenvalue weighted by molar-refractivity contribution is 5.94. The monoisotopic (exact) mass is 468 g/mol. The molecule has 2 aromatic carbocycles. The van der Waals surface area contributed by atoms with Gasteiger partial charge in [-0.25, -0.2) is 4.68 Å². The van der Waals surface area contributed by atoms with Crippen LogP contribution in [0.4, 0.5) is 18.9 Å². The largest absolute Gasteiger partial charge is 0.416 e. The van der Waals surface area contributed by atoms with E-state index in [2.05, 4.69) is 16.5 Å². The molecule has 1 aliphatic carbocycles. The number of allylic oxidation sites excluding steroid dienone is 1. The molecule has 3 aromatic rings. The molecule has 0 unspecified atom stereocenters. The van der Waals surface area contributed by atoms with Crippen molar-refractivity contribution in [1.29, 1.82) is 0 Å². The smallest absolute Gasteiger partial charge is 0.378 e. The van der Waals surface area contributed by atoms with Crippen molar-refractivity contribution in [2.75, 3.05) is 19.0 Å². The number of halogens is 3. The van der Waals surface area contributed by atoms with E-state index in [-0.39, 0.29) is 17.9 Å². The van der Waals surface area contributed by atoms with Crippen molar-refractivity contribution in [2.45, 2.75) is 38.4 Å². The minimum Gasteiger partial charge on any atom is -0.378 e. The summed E-state index contributed by atoms with van der Waals surface area (Å²) in [6.45, 7) is 3.81. The average Bonchev–Trinajstić information content (AvgIpc) is 3.36. The normalized spacial score (nSPS) is 17.7. The van der Waals surface area contributed by atoms with Crippen LogP contribution in [0, 0.1) is 13.8 Å². The fraction of sp³-hybridized carbons (Fsp3) is 0.308. The van der Waals surface area contributed by atoms with Crippen molar-refractivity contribution < 1.29 is 18.0 Å². The molecule has 0 radical (unpaired) electrons. The number of aryl methyl sites for hydroxylation is 1. The van der Waals surface area contributed by atoms with Gasteiger partial charge in [-0.2, -0.15) is 18.3 Å². The molecule has 0 aliphatic heterocycles. The molecule has 4 rings (SSSR count). The van der Waals surface area contributed by atoms with Gasteiger partial charge in [0.1, 0.15) is 0 Å². The van der Waals surface area contributed by atoms with Gasteiger partial charge in [0.15, 0.2) is 0 Å². The van der Waals surface area contributed by atoms with Crippen LogP contribution in [-0.4, -0.2) is 35.8 Å². The Morgan fingerprint density at radius 3 is 2.26 bits per heavy atom. The van der Waals surface area contributed by atoms with Crippen molar-refractivity contribution in [3.05, 3.63) is 88.8 Å². The van der Waals surface area contributed by atoms with Crippen LogP contribution in [-0.2, 0) is 6.18 Å². The Hall–Kier alpha value is -3.55. The third kappa shape index (κ3) is 4.71. The van der Waals surface area contributed by atoms with Crippen molar-refractivity contribution in [2.24, 2.45) is 0 Å². The predicted molar refractivity (Wildman–Crippen MR) is 127 cm³/mol. The second-order valence-electron chi connectivity index (χ2n) is 8.79. The van der Waals surface area contributed by atoms with E-state index in [4.69, 9.17) is 0 Å². The molecule has 1 aliphatic rings. The van der Waals surface area contributed by atoms with Crippen LogP contribution in [0.25, 0.3) is 5.69 Å². The van der Waals surface area contributed by atoms with Crippen molar-refractivity contribution >= 4 is 11.6 Å². The first-order chi connectivity index (χ1) is 16.0. The number of amides is 1. The highest BCUT2D eigenvalue weighted by Gasteiger charge is 2.31. The fourth-order valence-corrected chi connectivity index (χ4v) is 4.42. The van der Waals surface area contributed by atoms with Gasteiger partial charge in [-0.3, -0.25) is 4.79 Å². The highest BCUT2D eigenvalue weighted by Crippen LogP contribution is 2.35. The number of anilines is 1. The van der Waals surface area contributed by atoms with E-state index in [0.717, 1.165) is 34.8 Å². The van der Waals surface area contributed by atoms with Gasteiger partial charge in [-0.1, -0.05) is 12.2 Å². The molecule has 34 heavy (non-hydrogen) atoms. The lowest BCUT2D eigenvalue weighted by atomic mass is 9.95. The summed E-state index contributed by atoms with van der Waals surface area (Å²) in [4.78, 5) is 14.7. The number of nitrogens with one attached hydrogen (secondary N) is 1. The zero-order valence-corrected chi connectivity index (χ0v) is 19.5. The molecule has 2 atom stereocenters. The van der Waals surface area contributed by atoms with Gasteiger partial charge in [-0.05, 0) is 68.8 Å². The van der Waals surface area contributed by atoms with Crippen LogP contribution in [0.3, 0.4) is 0 Å². The van der Waals surface area contributed by atoms with Gasteiger partial charge in [0, 0.05) is 48.6 Å². The summed E-state index contributed by atoms with van der Waals surface area (Å²) >= 11 is 0. The number of rotatable bonds is 5. The SMILES string of the molecule is Cc1nn(-c2ccc(C(F)(F)F)cc2)c(C)c1[C@H]1C=C[C@@H](NC(=O)c2ccc(N(C)C)cc2)C1. The van der Waals surface area contributed by atoms with Crippen LogP contribution < -0.4 is 10.2 Å². The number of nitrogens with zero attached hydrogens (tertiary/aromatic N) is 3. The number of benzene rings is 2. The molecule has 178 valence electrons. The lowest BCUT2D eigenvalue weighted by Gasteiger charge is -2.16. The van der Waals surface area contributed by atoms with E-state index in [0.29, 0.717) is 17.7 Å². The Balaban J connectivity index is 1.46. The molecule has 1 heterocycles. The molecule has 0 saturated carbocycles. The molecular weight excluding hydrogens is 441 g/mol. The first kappa shape index (κ1) is 23.6. The molecule has 8 heteroatoms. The van der Waals surface area contributed by atoms with E-state index < -0.39 is 11.7 Å². The summed E-state index contributed by atoms with van der Waals surface area (Å²) < 4.78 is 40.4. The topological polar surface area (TPSA) is 50.2 Å². The van der Waals surface area contributed by atoms with Gasteiger partial charge in [0.2, 0.25) is 0 Å². The maximum Gasteiger partial charge on any atom is 0.416 e. The third-order valence-corrected chi connectivity index (χ3v) is 6.20. The van der Waals surface area contributed by atoms with E-state index in [1.165, 1.54) is 12.1 Å². The predicted octanol–water partition coefficient (Wildman–Crippen LogP) is 5.42. The Morgan fingerprint density at radius 1 is 1.03 bits per heavy atom. The fourth-order valence-electron chi connectivity index (χ4n) is 4.42. The Kier molecular flexibility index (Phi) is 6.25. The molecule has 0 saturated heterocycles. The minimum absolute atomic E-state index is 0.0598. The Morgan fingerprint density at radius 2 is 1.68 bits per heavy atom. The molecule has 0 spiro atoms. The van der Waals surface area contributed by atoms with E-state index >= 15 is 0 Å². The van der Waals surface area contributed by atoms with Gasteiger partial charge in [0.05, 0.1) is 16.9 Å².